The highest BCUT2D eigenvalue weighted by Gasteiger charge is 2.32. The van der Waals surface area contributed by atoms with Gasteiger partial charge in [-0.05, 0) is 56.6 Å². The van der Waals surface area contributed by atoms with E-state index >= 15 is 0 Å². The van der Waals surface area contributed by atoms with Crippen LogP contribution in [-0.4, -0.2) is 43.0 Å². The third-order valence-electron chi connectivity index (χ3n) is 5.74. The number of halogens is 1. The van der Waals surface area contributed by atoms with Gasteiger partial charge in [-0.15, -0.1) is 0 Å². The normalized spacial score (nSPS) is 18.4. The van der Waals surface area contributed by atoms with Crippen molar-refractivity contribution < 1.29 is 4.79 Å². The van der Waals surface area contributed by atoms with E-state index in [1.807, 2.05) is 42.2 Å². The first-order valence-electron chi connectivity index (χ1n) is 9.78. The largest absolute Gasteiger partial charge is 0.364 e. The summed E-state index contributed by atoms with van der Waals surface area (Å²) >= 11 is 6.37. The zero-order valence-corrected chi connectivity index (χ0v) is 16.5. The zero-order chi connectivity index (χ0) is 18.8. The van der Waals surface area contributed by atoms with E-state index < -0.39 is 0 Å². The number of anilines is 2. The summed E-state index contributed by atoms with van der Waals surface area (Å²) < 4.78 is 0. The van der Waals surface area contributed by atoms with Crippen molar-refractivity contribution in [3.63, 3.8) is 0 Å². The van der Waals surface area contributed by atoms with Crippen LogP contribution in [0.5, 0.6) is 0 Å². The lowest BCUT2D eigenvalue weighted by Crippen LogP contribution is -2.51. The van der Waals surface area contributed by atoms with Gasteiger partial charge < -0.3 is 9.80 Å². The number of nitrogens with zero attached hydrogens (tertiary/aromatic N) is 3. The van der Waals surface area contributed by atoms with Crippen LogP contribution in [-0.2, 0) is 11.3 Å². The summed E-state index contributed by atoms with van der Waals surface area (Å²) in [4.78, 5) is 19.8. The molecule has 2 aromatic carbocycles. The Morgan fingerprint density at radius 2 is 1.63 bits per heavy atom. The molecular formula is C22H26ClN3O. The van der Waals surface area contributed by atoms with Crippen molar-refractivity contribution >= 4 is 28.9 Å². The van der Waals surface area contributed by atoms with Crippen LogP contribution in [0, 0.1) is 0 Å². The fraction of sp³-hybridized carbons (Fsp3) is 0.409. The van der Waals surface area contributed by atoms with Gasteiger partial charge in [0.2, 0.25) is 5.91 Å². The van der Waals surface area contributed by atoms with Crippen molar-refractivity contribution in [1.82, 2.24) is 4.90 Å². The molecule has 2 aliphatic rings. The molecule has 0 aliphatic carbocycles. The highest BCUT2D eigenvalue weighted by molar-refractivity contribution is 6.31. The third kappa shape index (κ3) is 3.69. The molecule has 0 saturated carbocycles. The number of likely N-dealkylation sites (tertiary alicyclic amines) is 1. The van der Waals surface area contributed by atoms with Crippen molar-refractivity contribution in [1.29, 1.82) is 0 Å². The number of hydrogen-bond donors (Lipinski definition) is 0. The van der Waals surface area contributed by atoms with E-state index in [0.717, 1.165) is 48.1 Å². The smallest absolute Gasteiger partial charge is 0.244 e. The molecule has 1 atom stereocenters. The van der Waals surface area contributed by atoms with E-state index in [9.17, 15) is 4.79 Å². The summed E-state index contributed by atoms with van der Waals surface area (Å²) in [7, 11) is 0. The minimum absolute atomic E-state index is 0.0596. The van der Waals surface area contributed by atoms with Crippen LogP contribution in [0.15, 0.2) is 48.5 Å². The quantitative estimate of drug-likeness (QED) is 0.792. The second-order valence-electron chi connectivity index (χ2n) is 7.41. The standard InChI is InChI=1S/C22H26ClN3O/c1-17(24-12-6-7-13-24)22(27)26-15-14-25(20-10-4-5-11-21(20)26)16-18-8-2-3-9-19(18)23/h2-5,8-11,17H,6-7,12-16H2,1H3. The maximum Gasteiger partial charge on any atom is 0.244 e. The Morgan fingerprint density at radius 3 is 2.37 bits per heavy atom. The molecule has 1 saturated heterocycles. The minimum Gasteiger partial charge on any atom is -0.364 e. The third-order valence-corrected chi connectivity index (χ3v) is 6.11. The Bertz CT molecular complexity index is 819. The first-order chi connectivity index (χ1) is 13.1. The first-order valence-corrected chi connectivity index (χ1v) is 10.2. The molecule has 1 amide bonds. The Balaban J connectivity index is 1.57. The van der Waals surface area contributed by atoms with Gasteiger partial charge in [-0.1, -0.05) is 41.9 Å². The molecule has 0 N–H and O–H groups in total. The van der Waals surface area contributed by atoms with Gasteiger partial charge in [0.05, 0.1) is 17.4 Å². The molecule has 2 aromatic rings. The molecule has 0 radical (unpaired) electrons. The Labute approximate surface area is 166 Å². The number of carbonyl (C=O) groups excluding carboxylic acids is 1. The predicted octanol–water partition coefficient (Wildman–Crippen LogP) is 4.18. The summed E-state index contributed by atoms with van der Waals surface area (Å²) in [6.45, 7) is 6.37. The number of rotatable bonds is 4. The number of amides is 1. The van der Waals surface area contributed by atoms with Crippen molar-refractivity contribution in [3.8, 4) is 0 Å². The van der Waals surface area contributed by atoms with Crippen molar-refractivity contribution in [3.05, 3.63) is 59.1 Å². The van der Waals surface area contributed by atoms with Gasteiger partial charge >= 0.3 is 0 Å². The number of hydrogen-bond acceptors (Lipinski definition) is 3. The molecule has 1 unspecified atom stereocenters. The number of carbonyl (C=O) groups is 1. The zero-order valence-electron chi connectivity index (χ0n) is 15.8. The van der Waals surface area contributed by atoms with Gasteiger partial charge in [-0.3, -0.25) is 9.69 Å². The summed E-state index contributed by atoms with van der Waals surface area (Å²) in [5, 5.41) is 0.788. The molecule has 0 bridgehead atoms. The highest BCUT2D eigenvalue weighted by Crippen LogP contribution is 2.35. The second-order valence-corrected chi connectivity index (χ2v) is 7.82. The van der Waals surface area contributed by atoms with Crippen molar-refractivity contribution in [2.45, 2.75) is 32.4 Å². The molecule has 142 valence electrons. The Hall–Kier alpha value is -2.04. The van der Waals surface area contributed by atoms with Crippen LogP contribution < -0.4 is 9.80 Å². The van der Waals surface area contributed by atoms with Crippen LogP contribution in [0.4, 0.5) is 11.4 Å². The monoisotopic (exact) mass is 383 g/mol. The molecular weight excluding hydrogens is 358 g/mol. The second kappa shape index (κ2) is 7.91. The van der Waals surface area contributed by atoms with Gasteiger partial charge in [0.1, 0.15) is 0 Å². The fourth-order valence-corrected chi connectivity index (χ4v) is 4.35. The van der Waals surface area contributed by atoms with E-state index in [0.29, 0.717) is 6.54 Å². The number of para-hydroxylation sites is 2. The lowest BCUT2D eigenvalue weighted by molar-refractivity contribution is -0.122. The van der Waals surface area contributed by atoms with Crippen LogP contribution in [0.25, 0.3) is 0 Å². The molecule has 4 nitrogen and oxygen atoms in total. The van der Waals surface area contributed by atoms with Crippen LogP contribution in [0.1, 0.15) is 25.3 Å². The van der Waals surface area contributed by atoms with Crippen LogP contribution in [0.3, 0.4) is 0 Å². The topological polar surface area (TPSA) is 26.8 Å². The van der Waals surface area contributed by atoms with E-state index in [1.54, 1.807) is 0 Å². The molecule has 2 aliphatic heterocycles. The molecule has 0 spiro atoms. The molecule has 5 heteroatoms. The highest BCUT2D eigenvalue weighted by atomic mass is 35.5. The lowest BCUT2D eigenvalue weighted by Gasteiger charge is -2.39. The minimum atomic E-state index is -0.0596. The van der Waals surface area contributed by atoms with E-state index in [-0.39, 0.29) is 11.9 Å². The summed E-state index contributed by atoms with van der Waals surface area (Å²) in [5.41, 5.74) is 3.22. The SMILES string of the molecule is CC(C(=O)N1CCN(Cc2ccccc2Cl)c2ccccc21)N1CCCC1. The lowest BCUT2D eigenvalue weighted by atomic mass is 10.1. The van der Waals surface area contributed by atoms with E-state index in [2.05, 4.69) is 28.0 Å². The average Bonchev–Trinajstić information content (AvgIpc) is 3.23. The first kappa shape index (κ1) is 18.3. The van der Waals surface area contributed by atoms with Crippen LogP contribution in [0.2, 0.25) is 5.02 Å². The number of benzene rings is 2. The van der Waals surface area contributed by atoms with Gasteiger partial charge in [-0.25, -0.2) is 0 Å². The van der Waals surface area contributed by atoms with Crippen molar-refractivity contribution in [2.75, 3.05) is 36.0 Å². The van der Waals surface area contributed by atoms with Crippen LogP contribution >= 0.6 is 11.6 Å². The van der Waals surface area contributed by atoms with Gasteiger partial charge in [-0.2, -0.15) is 0 Å². The van der Waals surface area contributed by atoms with Crippen molar-refractivity contribution in [2.24, 2.45) is 0 Å². The molecule has 0 aromatic heterocycles. The molecule has 27 heavy (non-hydrogen) atoms. The molecule has 4 rings (SSSR count). The Kier molecular flexibility index (Phi) is 5.37. The fourth-order valence-electron chi connectivity index (χ4n) is 4.16. The summed E-state index contributed by atoms with van der Waals surface area (Å²) in [6, 6.07) is 16.1. The van der Waals surface area contributed by atoms with E-state index in [4.69, 9.17) is 11.6 Å². The summed E-state index contributed by atoms with van der Waals surface area (Å²) in [5.74, 6) is 0.210. The van der Waals surface area contributed by atoms with Gasteiger partial charge in [0, 0.05) is 24.7 Å². The number of fused-ring (bicyclic) bond motifs is 1. The molecule has 1 fully saturated rings. The van der Waals surface area contributed by atoms with Gasteiger partial charge in [0.25, 0.3) is 0 Å². The average molecular weight is 384 g/mol. The van der Waals surface area contributed by atoms with E-state index in [1.165, 1.54) is 12.8 Å². The maximum atomic E-state index is 13.2. The maximum absolute atomic E-state index is 13.2. The Morgan fingerprint density at radius 1 is 0.963 bits per heavy atom. The van der Waals surface area contributed by atoms with Gasteiger partial charge in [0.15, 0.2) is 0 Å². The summed E-state index contributed by atoms with van der Waals surface area (Å²) in [6.07, 6.45) is 2.39. The predicted molar refractivity (Wildman–Crippen MR) is 112 cm³/mol. The molecule has 2 heterocycles.